The van der Waals surface area contributed by atoms with E-state index >= 15 is 0 Å². The van der Waals surface area contributed by atoms with E-state index in [1.807, 2.05) is 35.8 Å². The summed E-state index contributed by atoms with van der Waals surface area (Å²) < 4.78 is 1.83. The summed E-state index contributed by atoms with van der Waals surface area (Å²) in [6.07, 6.45) is 2.63. The number of fused-ring (bicyclic) bond motifs is 1. The Balaban J connectivity index is 1.96. The van der Waals surface area contributed by atoms with Crippen molar-refractivity contribution in [1.29, 1.82) is 0 Å². The summed E-state index contributed by atoms with van der Waals surface area (Å²) in [7, 11) is 0. The molecule has 0 aliphatic heterocycles. The van der Waals surface area contributed by atoms with Crippen molar-refractivity contribution in [2.45, 2.75) is 45.7 Å². The molecule has 1 aromatic carbocycles. The zero-order valence-corrected chi connectivity index (χ0v) is 15.5. The quantitative estimate of drug-likeness (QED) is 0.576. The number of aliphatic hydroxyl groups excluding tert-OH is 1. The number of nitrogens with one attached hydrogen (secondary N) is 2. The molecule has 2 heterocycles. The number of rotatable bonds is 8. The minimum atomic E-state index is -0.0829. The van der Waals surface area contributed by atoms with Crippen LogP contribution in [0.25, 0.3) is 5.65 Å². The maximum atomic E-state index is 9.47. The van der Waals surface area contributed by atoms with E-state index in [9.17, 15) is 5.11 Å². The number of imidazole rings is 1. The van der Waals surface area contributed by atoms with E-state index in [0.29, 0.717) is 24.0 Å². The van der Waals surface area contributed by atoms with Crippen LogP contribution in [0.2, 0.25) is 0 Å². The van der Waals surface area contributed by atoms with E-state index in [1.54, 1.807) is 0 Å². The highest BCUT2D eigenvalue weighted by atomic mass is 16.3. The van der Waals surface area contributed by atoms with Crippen LogP contribution in [0.4, 0.5) is 11.8 Å². The van der Waals surface area contributed by atoms with Crippen molar-refractivity contribution in [3.8, 4) is 0 Å². The van der Waals surface area contributed by atoms with Crippen LogP contribution >= 0.6 is 0 Å². The van der Waals surface area contributed by atoms with Gasteiger partial charge in [-0.1, -0.05) is 51.1 Å². The van der Waals surface area contributed by atoms with Crippen LogP contribution in [0.5, 0.6) is 0 Å². The van der Waals surface area contributed by atoms with Gasteiger partial charge in [0.25, 0.3) is 0 Å². The monoisotopic (exact) mass is 354 g/mol. The van der Waals surface area contributed by atoms with Gasteiger partial charge in [-0.3, -0.25) is 0 Å². The highest BCUT2D eigenvalue weighted by Gasteiger charge is 2.16. The van der Waals surface area contributed by atoms with E-state index in [0.717, 1.165) is 17.7 Å². The molecule has 0 spiro atoms. The Labute approximate surface area is 153 Å². The van der Waals surface area contributed by atoms with Crippen LogP contribution in [0.3, 0.4) is 0 Å². The van der Waals surface area contributed by atoms with Gasteiger partial charge in [0.2, 0.25) is 5.95 Å². The number of benzene rings is 1. The lowest BCUT2D eigenvalue weighted by Gasteiger charge is -2.16. The van der Waals surface area contributed by atoms with Crippen molar-refractivity contribution in [2.24, 2.45) is 0 Å². The summed E-state index contributed by atoms with van der Waals surface area (Å²) in [5.41, 5.74) is 2.88. The molecule has 26 heavy (non-hydrogen) atoms. The lowest BCUT2D eigenvalue weighted by molar-refractivity contribution is 0.271. The number of hydrogen-bond acceptors (Lipinski definition) is 6. The molecule has 2 aromatic heterocycles. The second-order valence-electron chi connectivity index (χ2n) is 6.63. The van der Waals surface area contributed by atoms with Crippen molar-refractivity contribution >= 4 is 17.4 Å². The normalized spacial score (nSPS) is 12.5. The second kappa shape index (κ2) is 8.14. The van der Waals surface area contributed by atoms with Crippen LogP contribution in [0.1, 0.15) is 44.4 Å². The van der Waals surface area contributed by atoms with Crippen LogP contribution in [0, 0.1) is 0 Å². The third-order valence-corrected chi connectivity index (χ3v) is 4.33. The second-order valence-corrected chi connectivity index (χ2v) is 6.63. The molecule has 0 saturated carbocycles. The van der Waals surface area contributed by atoms with Gasteiger partial charge in [0.15, 0.2) is 11.5 Å². The molecule has 3 rings (SSSR count). The zero-order valence-electron chi connectivity index (χ0n) is 15.5. The predicted molar refractivity (Wildman–Crippen MR) is 103 cm³/mol. The first-order valence-corrected chi connectivity index (χ1v) is 9.03. The molecule has 138 valence electrons. The average molecular weight is 354 g/mol. The largest absolute Gasteiger partial charge is 0.394 e. The first kappa shape index (κ1) is 18.1. The third-order valence-electron chi connectivity index (χ3n) is 4.33. The van der Waals surface area contributed by atoms with Crippen molar-refractivity contribution in [3.05, 3.63) is 47.8 Å². The fourth-order valence-corrected chi connectivity index (χ4v) is 2.71. The fourth-order valence-electron chi connectivity index (χ4n) is 2.71. The van der Waals surface area contributed by atoms with E-state index in [4.69, 9.17) is 0 Å². The molecule has 0 aliphatic carbocycles. The molecule has 0 saturated heterocycles. The summed E-state index contributed by atoms with van der Waals surface area (Å²) in [5.74, 6) is 1.44. The van der Waals surface area contributed by atoms with Gasteiger partial charge in [0.05, 0.1) is 24.5 Å². The Kier molecular flexibility index (Phi) is 5.68. The lowest BCUT2D eigenvalue weighted by atomic mass is 10.2. The van der Waals surface area contributed by atoms with Gasteiger partial charge < -0.3 is 15.7 Å². The van der Waals surface area contributed by atoms with Gasteiger partial charge in [-0.2, -0.15) is 4.98 Å². The molecule has 0 fully saturated rings. The van der Waals surface area contributed by atoms with Crippen LogP contribution in [-0.2, 0) is 6.54 Å². The van der Waals surface area contributed by atoms with Gasteiger partial charge in [-0.25, -0.2) is 9.50 Å². The maximum Gasteiger partial charge on any atom is 0.243 e. The van der Waals surface area contributed by atoms with Crippen LogP contribution in [-0.4, -0.2) is 37.3 Å². The Hall–Kier alpha value is -2.67. The molecule has 0 unspecified atom stereocenters. The minimum absolute atomic E-state index is 0.0334. The number of hydrogen-bond donors (Lipinski definition) is 3. The molecule has 3 N–H and O–H groups in total. The topological polar surface area (TPSA) is 87.4 Å². The van der Waals surface area contributed by atoms with Crippen molar-refractivity contribution in [3.63, 3.8) is 0 Å². The molecule has 0 bridgehead atoms. The molecule has 0 aliphatic rings. The zero-order chi connectivity index (χ0) is 18.5. The number of nitrogens with zero attached hydrogens (tertiary/aromatic N) is 4. The minimum Gasteiger partial charge on any atom is -0.394 e. The smallest absolute Gasteiger partial charge is 0.243 e. The third kappa shape index (κ3) is 3.94. The summed E-state index contributed by atoms with van der Waals surface area (Å²) >= 11 is 0. The standard InChI is InChI=1S/C19H26N6O/c1-4-15(12-26)22-19-23-17(20-10-14-8-6-5-7-9-14)18-21-11-16(13(2)3)25(18)24-19/h5-9,11,13,15,26H,4,10,12H2,1-3H3,(H2,20,22,23,24)/t15-/m1/s1. The molecular weight excluding hydrogens is 328 g/mol. The SMILES string of the molecule is CC[C@H](CO)Nc1nc(NCc2ccccc2)c2ncc(C(C)C)n2n1. The summed E-state index contributed by atoms with van der Waals surface area (Å²) in [6.45, 7) is 6.91. The van der Waals surface area contributed by atoms with Crippen molar-refractivity contribution < 1.29 is 5.11 Å². The van der Waals surface area contributed by atoms with E-state index < -0.39 is 0 Å². The first-order valence-electron chi connectivity index (χ1n) is 9.03. The van der Waals surface area contributed by atoms with E-state index in [2.05, 4.69) is 51.7 Å². The molecule has 0 amide bonds. The molecule has 3 aromatic rings. The average Bonchev–Trinajstić information content (AvgIpc) is 3.09. The van der Waals surface area contributed by atoms with Crippen LogP contribution in [0.15, 0.2) is 36.5 Å². The summed E-state index contributed by atoms with van der Waals surface area (Å²) in [5, 5.41) is 20.6. The summed E-state index contributed by atoms with van der Waals surface area (Å²) in [4.78, 5) is 9.11. The van der Waals surface area contributed by atoms with Crippen molar-refractivity contribution in [2.75, 3.05) is 17.2 Å². The Morgan fingerprint density at radius 2 is 1.96 bits per heavy atom. The Bertz CT molecular complexity index is 842. The Morgan fingerprint density at radius 3 is 2.62 bits per heavy atom. The molecule has 1 atom stereocenters. The summed E-state index contributed by atoms with van der Waals surface area (Å²) in [6, 6.07) is 10.1. The highest BCUT2D eigenvalue weighted by molar-refractivity contribution is 5.64. The maximum absolute atomic E-state index is 9.47. The number of aromatic nitrogens is 4. The number of aliphatic hydroxyl groups is 1. The molecule has 7 nitrogen and oxygen atoms in total. The molecule has 7 heteroatoms. The first-order chi connectivity index (χ1) is 12.6. The van der Waals surface area contributed by atoms with Crippen molar-refractivity contribution in [1.82, 2.24) is 19.6 Å². The van der Waals surface area contributed by atoms with Gasteiger partial charge in [0, 0.05) is 6.54 Å². The van der Waals surface area contributed by atoms with E-state index in [1.165, 1.54) is 0 Å². The number of anilines is 2. The molecular formula is C19H26N6O. The van der Waals surface area contributed by atoms with Crippen LogP contribution < -0.4 is 10.6 Å². The Morgan fingerprint density at radius 1 is 1.19 bits per heavy atom. The van der Waals surface area contributed by atoms with Gasteiger partial charge in [0.1, 0.15) is 0 Å². The predicted octanol–water partition coefficient (Wildman–Crippen LogP) is 3.04. The van der Waals surface area contributed by atoms with E-state index in [-0.39, 0.29) is 18.6 Å². The lowest BCUT2D eigenvalue weighted by Crippen LogP contribution is -2.25. The van der Waals surface area contributed by atoms with Gasteiger partial charge >= 0.3 is 0 Å². The fraction of sp³-hybridized carbons (Fsp3) is 0.421. The van der Waals surface area contributed by atoms with Gasteiger partial charge in [-0.15, -0.1) is 5.10 Å². The van der Waals surface area contributed by atoms with Gasteiger partial charge in [-0.05, 0) is 17.9 Å². The molecule has 0 radical (unpaired) electrons. The highest BCUT2D eigenvalue weighted by Crippen LogP contribution is 2.21.